The Labute approximate surface area is 141 Å². The van der Waals surface area contributed by atoms with Crippen molar-refractivity contribution in [3.8, 4) is 0 Å². The summed E-state index contributed by atoms with van der Waals surface area (Å²) in [6.07, 6.45) is 0. The van der Waals surface area contributed by atoms with Crippen LogP contribution < -0.4 is 10.00 Å². The SMILES string of the molecule is Cn1c2ccccc2c(C(=O)Nc2ccccc2)[n+]1C.F[B-](F)(F)F. The number of benzene rings is 2. The van der Waals surface area contributed by atoms with Gasteiger partial charge in [0.2, 0.25) is 0 Å². The van der Waals surface area contributed by atoms with E-state index in [0.29, 0.717) is 5.69 Å². The molecule has 9 heteroatoms. The molecule has 3 aromatic rings. The quantitative estimate of drug-likeness (QED) is 0.427. The molecular formula is C16H16BF4N3O. The van der Waals surface area contributed by atoms with E-state index in [1.165, 1.54) is 0 Å². The summed E-state index contributed by atoms with van der Waals surface area (Å²) in [5.74, 6) is -0.101. The normalized spacial score (nSPS) is 11.0. The summed E-state index contributed by atoms with van der Waals surface area (Å²) < 4.78 is 42.8. The van der Waals surface area contributed by atoms with Crippen molar-refractivity contribution in [1.29, 1.82) is 0 Å². The lowest BCUT2D eigenvalue weighted by Gasteiger charge is -2.01. The molecule has 0 unspecified atom stereocenters. The number of aromatic nitrogens is 2. The van der Waals surface area contributed by atoms with Gasteiger partial charge in [0.05, 0.1) is 12.4 Å². The maximum atomic E-state index is 12.5. The predicted molar refractivity (Wildman–Crippen MR) is 88.7 cm³/mol. The first-order valence-electron chi connectivity index (χ1n) is 7.36. The number of anilines is 1. The summed E-state index contributed by atoms with van der Waals surface area (Å²) in [5, 5.41) is 3.88. The van der Waals surface area contributed by atoms with Gasteiger partial charge in [-0.2, -0.15) is 4.68 Å². The third-order valence-electron chi connectivity index (χ3n) is 3.53. The number of halogens is 4. The van der Waals surface area contributed by atoms with E-state index >= 15 is 0 Å². The lowest BCUT2D eigenvalue weighted by Crippen LogP contribution is -2.43. The second kappa shape index (κ2) is 7.37. The number of amides is 1. The molecule has 1 heterocycles. The second-order valence-electron chi connectivity index (χ2n) is 5.23. The van der Waals surface area contributed by atoms with Crippen LogP contribution in [0.5, 0.6) is 0 Å². The van der Waals surface area contributed by atoms with Crippen molar-refractivity contribution in [1.82, 2.24) is 4.68 Å². The Morgan fingerprint density at radius 3 is 2.12 bits per heavy atom. The molecule has 1 aromatic heterocycles. The molecule has 4 nitrogen and oxygen atoms in total. The highest BCUT2D eigenvalue weighted by Crippen LogP contribution is 2.17. The summed E-state index contributed by atoms with van der Waals surface area (Å²) in [6.45, 7) is 0. The Balaban J connectivity index is 0.000000399. The van der Waals surface area contributed by atoms with Gasteiger partial charge < -0.3 is 22.6 Å². The minimum atomic E-state index is -6.00. The zero-order chi connectivity index (χ0) is 18.6. The van der Waals surface area contributed by atoms with Crippen LogP contribution in [0.4, 0.5) is 23.0 Å². The van der Waals surface area contributed by atoms with Crippen LogP contribution in [0.25, 0.3) is 10.9 Å². The lowest BCUT2D eigenvalue weighted by molar-refractivity contribution is -0.750. The average Bonchev–Trinajstić information content (AvgIpc) is 2.79. The summed E-state index contributed by atoms with van der Waals surface area (Å²) in [6, 6.07) is 17.4. The van der Waals surface area contributed by atoms with E-state index in [0.717, 1.165) is 16.6 Å². The molecule has 0 bridgehead atoms. The molecule has 1 N–H and O–H groups in total. The average molecular weight is 353 g/mol. The number of hydrogen-bond donors (Lipinski definition) is 1. The van der Waals surface area contributed by atoms with Gasteiger partial charge in [-0.15, -0.1) is 4.68 Å². The molecule has 0 aliphatic carbocycles. The second-order valence-corrected chi connectivity index (χ2v) is 5.23. The van der Waals surface area contributed by atoms with Gasteiger partial charge in [0, 0.05) is 5.69 Å². The number of fused-ring (bicyclic) bond motifs is 1. The molecule has 0 spiro atoms. The van der Waals surface area contributed by atoms with Gasteiger partial charge in [-0.1, -0.05) is 30.3 Å². The number of hydrogen-bond acceptors (Lipinski definition) is 1. The van der Waals surface area contributed by atoms with E-state index in [4.69, 9.17) is 0 Å². The largest absolute Gasteiger partial charge is 0.673 e. The Morgan fingerprint density at radius 2 is 1.52 bits per heavy atom. The third-order valence-corrected chi connectivity index (χ3v) is 3.53. The summed E-state index contributed by atoms with van der Waals surface area (Å²) in [7, 11) is -2.17. The first kappa shape index (κ1) is 18.5. The van der Waals surface area contributed by atoms with Crippen molar-refractivity contribution in [2.24, 2.45) is 14.1 Å². The van der Waals surface area contributed by atoms with Crippen LogP contribution in [0, 0.1) is 0 Å². The smallest absolute Gasteiger partial charge is 0.418 e. The number of para-hydroxylation sites is 2. The van der Waals surface area contributed by atoms with Crippen molar-refractivity contribution < 1.29 is 26.7 Å². The Bertz CT molecular complexity index is 872. The number of rotatable bonds is 2. The van der Waals surface area contributed by atoms with Crippen LogP contribution in [-0.4, -0.2) is 17.8 Å². The van der Waals surface area contributed by atoms with E-state index in [1.54, 1.807) is 0 Å². The van der Waals surface area contributed by atoms with Gasteiger partial charge in [0.1, 0.15) is 5.52 Å². The number of nitrogens with zero attached hydrogens (tertiary/aromatic N) is 2. The van der Waals surface area contributed by atoms with Crippen molar-refractivity contribution in [3.05, 3.63) is 60.3 Å². The fraction of sp³-hybridized carbons (Fsp3) is 0.125. The minimum absolute atomic E-state index is 0.101. The van der Waals surface area contributed by atoms with Gasteiger partial charge in [-0.05, 0) is 24.3 Å². The van der Waals surface area contributed by atoms with E-state index in [2.05, 4.69) is 5.32 Å². The molecule has 25 heavy (non-hydrogen) atoms. The highest BCUT2D eigenvalue weighted by atomic mass is 19.5. The zero-order valence-electron chi connectivity index (χ0n) is 13.6. The highest BCUT2D eigenvalue weighted by Gasteiger charge is 2.26. The predicted octanol–water partition coefficient (Wildman–Crippen LogP) is 3.56. The minimum Gasteiger partial charge on any atom is -0.418 e. The third kappa shape index (κ3) is 4.82. The maximum Gasteiger partial charge on any atom is 0.673 e. The van der Waals surface area contributed by atoms with Crippen LogP contribution in [0.2, 0.25) is 0 Å². The number of carbonyl (C=O) groups excluding carboxylic acids is 1. The van der Waals surface area contributed by atoms with Gasteiger partial charge in [0.25, 0.3) is 0 Å². The van der Waals surface area contributed by atoms with Crippen molar-refractivity contribution in [2.75, 3.05) is 5.32 Å². The van der Waals surface area contributed by atoms with Gasteiger partial charge in [0.15, 0.2) is 7.05 Å². The molecule has 0 fully saturated rings. The van der Waals surface area contributed by atoms with E-state index in [9.17, 15) is 22.1 Å². The first-order chi connectivity index (χ1) is 11.7. The van der Waals surface area contributed by atoms with Gasteiger partial charge in [-0.3, -0.25) is 4.79 Å². The van der Waals surface area contributed by atoms with Crippen molar-refractivity contribution >= 4 is 29.8 Å². The Hall–Kier alpha value is -2.84. The first-order valence-corrected chi connectivity index (χ1v) is 7.36. The highest BCUT2D eigenvalue weighted by molar-refractivity contribution is 6.50. The number of aryl methyl sites for hydroxylation is 1. The lowest BCUT2D eigenvalue weighted by atomic mass is 10.2. The molecule has 1 amide bonds. The summed E-state index contributed by atoms with van der Waals surface area (Å²) in [5.41, 5.74) is 2.49. The molecular weight excluding hydrogens is 337 g/mol. The van der Waals surface area contributed by atoms with Crippen LogP contribution in [-0.2, 0) is 14.1 Å². The number of nitrogens with one attached hydrogen (secondary N) is 1. The molecule has 0 saturated carbocycles. The maximum absolute atomic E-state index is 12.5. The van der Waals surface area contributed by atoms with Gasteiger partial charge >= 0.3 is 18.9 Å². The van der Waals surface area contributed by atoms with Gasteiger partial charge in [-0.25, -0.2) is 0 Å². The zero-order valence-corrected chi connectivity index (χ0v) is 13.6. The molecule has 2 aromatic carbocycles. The molecule has 0 aliphatic rings. The molecule has 0 aliphatic heterocycles. The summed E-state index contributed by atoms with van der Waals surface area (Å²) in [4.78, 5) is 12.5. The molecule has 3 rings (SSSR count). The fourth-order valence-electron chi connectivity index (χ4n) is 2.42. The number of carbonyl (C=O) groups is 1. The van der Waals surface area contributed by atoms with Crippen LogP contribution >= 0.6 is 0 Å². The standard InChI is InChI=1S/C16H15N3O.BF4/c1-18-14-11-7-6-10-13(14)15(19(18)2)16(20)17-12-8-4-3-5-9-12;2-1(3,4)5/h3-11H,1-2H3;/q;-1/p+1. The van der Waals surface area contributed by atoms with E-state index in [1.807, 2.05) is 78.1 Å². The molecule has 0 saturated heterocycles. The van der Waals surface area contributed by atoms with Crippen molar-refractivity contribution in [2.45, 2.75) is 0 Å². The topological polar surface area (TPSA) is 37.9 Å². The summed E-state index contributed by atoms with van der Waals surface area (Å²) >= 11 is 0. The molecule has 0 atom stereocenters. The van der Waals surface area contributed by atoms with E-state index < -0.39 is 7.25 Å². The van der Waals surface area contributed by atoms with Crippen molar-refractivity contribution in [3.63, 3.8) is 0 Å². The molecule has 0 radical (unpaired) electrons. The Morgan fingerprint density at radius 1 is 1.00 bits per heavy atom. The van der Waals surface area contributed by atoms with Crippen LogP contribution in [0.1, 0.15) is 10.5 Å². The molecule has 132 valence electrons. The Kier molecular flexibility index (Phi) is 5.46. The van der Waals surface area contributed by atoms with E-state index in [-0.39, 0.29) is 5.91 Å². The van der Waals surface area contributed by atoms with Crippen LogP contribution in [0.15, 0.2) is 54.6 Å². The fourth-order valence-corrected chi connectivity index (χ4v) is 2.42. The van der Waals surface area contributed by atoms with Crippen LogP contribution in [0.3, 0.4) is 0 Å². The monoisotopic (exact) mass is 353 g/mol.